The van der Waals surface area contributed by atoms with E-state index in [2.05, 4.69) is 20.3 Å². The van der Waals surface area contributed by atoms with Crippen LogP contribution in [-0.4, -0.2) is 31.2 Å². The number of allylic oxidation sites excluding steroid dienone is 1. The quantitative estimate of drug-likeness (QED) is 0.544. The first-order chi connectivity index (χ1) is 14.1. The number of amides is 1. The van der Waals surface area contributed by atoms with Crippen LogP contribution >= 0.6 is 0 Å². The molecule has 0 atom stereocenters. The maximum Gasteiger partial charge on any atom is 0.256 e. The van der Waals surface area contributed by atoms with Crippen LogP contribution in [0.4, 0.5) is 5.82 Å². The molecule has 7 heteroatoms. The SMILES string of the molecule is CC(=C=O)c1nc(-c2ccc(C(=O)Nc3ccccn3)cc2)c2c(C)nccn12. The summed E-state index contributed by atoms with van der Waals surface area (Å²) in [6, 6.07) is 12.4. The van der Waals surface area contributed by atoms with E-state index >= 15 is 0 Å². The van der Waals surface area contributed by atoms with E-state index in [0.29, 0.717) is 28.5 Å². The van der Waals surface area contributed by atoms with Gasteiger partial charge in [-0.15, -0.1) is 0 Å². The fourth-order valence-electron chi connectivity index (χ4n) is 3.11. The van der Waals surface area contributed by atoms with E-state index < -0.39 is 0 Å². The van der Waals surface area contributed by atoms with Crippen LogP contribution in [0.1, 0.15) is 28.8 Å². The molecule has 0 saturated heterocycles. The molecule has 1 amide bonds. The normalized spacial score (nSPS) is 10.6. The van der Waals surface area contributed by atoms with Crippen LogP contribution in [0.2, 0.25) is 0 Å². The lowest BCUT2D eigenvalue weighted by atomic mass is 10.1. The standard InChI is InChI=1S/C22H17N5O2/c1-14(13-28)21-26-19(20-15(2)23-11-12-27(20)21)16-6-8-17(9-7-16)22(29)25-18-5-3-4-10-24-18/h3-12H,1-2H3,(H,24,25,29). The van der Waals surface area contributed by atoms with Gasteiger partial charge in [-0.2, -0.15) is 0 Å². The second-order valence-corrected chi connectivity index (χ2v) is 6.49. The highest BCUT2D eigenvalue weighted by Crippen LogP contribution is 2.28. The maximum absolute atomic E-state index is 12.4. The molecule has 1 aromatic carbocycles. The number of imidazole rings is 1. The zero-order valence-corrected chi connectivity index (χ0v) is 15.9. The first-order valence-electron chi connectivity index (χ1n) is 8.97. The molecule has 0 aliphatic carbocycles. The molecular formula is C22H17N5O2. The molecule has 0 fully saturated rings. The van der Waals surface area contributed by atoms with E-state index in [1.807, 2.05) is 29.4 Å². The van der Waals surface area contributed by atoms with Gasteiger partial charge in [0.05, 0.1) is 22.5 Å². The van der Waals surface area contributed by atoms with Gasteiger partial charge in [0.2, 0.25) is 0 Å². The van der Waals surface area contributed by atoms with Crippen LogP contribution in [0.5, 0.6) is 0 Å². The van der Waals surface area contributed by atoms with Crippen LogP contribution in [0.25, 0.3) is 22.3 Å². The highest BCUT2D eigenvalue weighted by Gasteiger charge is 2.17. The second-order valence-electron chi connectivity index (χ2n) is 6.49. The summed E-state index contributed by atoms with van der Waals surface area (Å²) in [5.74, 6) is 2.67. The van der Waals surface area contributed by atoms with Crippen molar-refractivity contribution >= 4 is 28.8 Å². The fourth-order valence-corrected chi connectivity index (χ4v) is 3.11. The van der Waals surface area contributed by atoms with Crippen molar-refractivity contribution in [3.63, 3.8) is 0 Å². The molecular weight excluding hydrogens is 366 g/mol. The summed E-state index contributed by atoms with van der Waals surface area (Å²) in [5, 5.41) is 2.76. The number of benzene rings is 1. The van der Waals surface area contributed by atoms with Crippen molar-refractivity contribution in [1.29, 1.82) is 0 Å². The third-order valence-electron chi connectivity index (χ3n) is 4.55. The van der Waals surface area contributed by atoms with Gasteiger partial charge in [-0.05, 0) is 38.1 Å². The van der Waals surface area contributed by atoms with E-state index in [1.54, 1.807) is 55.8 Å². The number of aromatic nitrogens is 4. The number of nitrogens with one attached hydrogen (secondary N) is 1. The van der Waals surface area contributed by atoms with E-state index in [1.165, 1.54) is 0 Å². The largest absolute Gasteiger partial charge is 0.307 e. The molecule has 0 aliphatic rings. The average molecular weight is 383 g/mol. The van der Waals surface area contributed by atoms with Crippen molar-refractivity contribution in [1.82, 2.24) is 19.4 Å². The third-order valence-corrected chi connectivity index (χ3v) is 4.55. The van der Waals surface area contributed by atoms with Gasteiger partial charge in [0.1, 0.15) is 11.8 Å². The number of carbonyl (C=O) groups excluding carboxylic acids is 2. The van der Waals surface area contributed by atoms with Gasteiger partial charge < -0.3 is 5.32 Å². The van der Waals surface area contributed by atoms with Gasteiger partial charge in [0.25, 0.3) is 5.91 Å². The molecule has 0 aliphatic heterocycles. The fraction of sp³-hybridized carbons (Fsp3) is 0.0909. The van der Waals surface area contributed by atoms with E-state index in [0.717, 1.165) is 16.8 Å². The smallest absolute Gasteiger partial charge is 0.256 e. The monoisotopic (exact) mass is 383 g/mol. The summed E-state index contributed by atoms with van der Waals surface area (Å²) in [5.41, 5.74) is 4.01. The zero-order valence-electron chi connectivity index (χ0n) is 15.9. The Labute approximate surface area is 166 Å². The topological polar surface area (TPSA) is 89.2 Å². The van der Waals surface area contributed by atoms with E-state index in [9.17, 15) is 9.59 Å². The molecule has 0 radical (unpaired) electrons. The number of aryl methyl sites for hydroxylation is 1. The maximum atomic E-state index is 12.4. The molecule has 1 N–H and O–H groups in total. The molecule has 7 nitrogen and oxygen atoms in total. The summed E-state index contributed by atoms with van der Waals surface area (Å²) in [7, 11) is 0. The minimum atomic E-state index is -0.247. The Balaban J connectivity index is 1.72. The number of fused-ring (bicyclic) bond motifs is 1. The first kappa shape index (κ1) is 18.3. The third kappa shape index (κ3) is 3.42. The Bertz CT molecular complexity index is 1250. The summed E-state index contributed by atoms with van der Waals surface area (Å²) in [4.78, 5) is 36.7. The van der Waals surface area contributed by atoms with Crippen LogP contribution < -0.4 is 5.32 Å². The van der Waals surface area contributed by atoms with E-state index in [4.69, 9.17) is 0 Å². The van der Waals surface area contributed by atoms with Crippen molar-refractivity contribution < 1.29 is 9.59 Å². The Morgan fingerprint density at radius 3 is 2.55 bits per heavy atom. The lowest BCUT2D eigenvalue weighted by Crippen LogP contribution is -2.12. The highest BCUT2D eigenvalue weighted by atomic mass is 16.1. The van der Waals surface area contributed by atoms with Crippen LogP contribution in [-0.2, 0) is 4.79 Å². The van der Waals surface area contributed by atoms with Gasteiger partial charge >= 0.3 is 0 Å². The predicted octanol–water partition coefficient (Wildman–Crippen LogP) is 3.59. The number of pyridine rings is 1. The number of carbonyl (C=O) groups is 1. The van der Waals surface area contributed by atoms with Gasteiger partial charge in [-0.1, -0.05) is 18.2 Å². The number of hydrogen-bond acceptors (Lipinski definition) is 5. The van der Waals surface area contributed by atoms with Crippen LogP contribution in [0.3, 0.4) is 0 Å². The van der Waals surface area contributed by atoms with Crippen molar-refractivity contribution in [3.05, 3.63) is 78.1 Å². The molecule has 3 aromatic heterocycles. The lowest BCUT2D eigenvalue weighted by molar-refractivity contribution is 0.102. The van der Waals surface area contributed by atoms with Crippen LogP contribution in [0, 0.1) is 6.92 Å². The number of nitrogens with zero attached hydrogens (tertiary/aromatic N) is 4. The minimum Gasteiger partial charge on any atom is -0.307 e. The molecule has 29 heavy (non-hydrogen) atoms. The second kappa shape index (κ2) is 7.50. The Kier molecular flexibility index (Phi) is 4.73. The van der Waals surface area contributed by atoms with Crippen molar-refractivity contribution in [2.75, 3.05) is 5.32 Å². The molecule has 3 heterocycles. The minimum absolute atomic E-state index is 0.247. The van der Waals surface area contributed by atoms with Crippen molar-refractivity contribution in [2.45, 2.75) is 13.8 Å². The number of rotatable bonds is 4. The molecule has 0 saturated carbocycles. The molecule has 4 rings (SSSR count). The van der Waals surface area contributed by atoms with E-state index in [-0.39, 0.29) is 5.91 Å². The van der Waals surface area contributed by atoms with Crippen molar-refractivity contribution in [3.8, 4) is 11.3 Å². The number of anilines is 1. The van der Waals surface area contributed by atoms with Gasteiger partial charge in [-0.3, -0.25) is 14.2 Å². The molecule has 142 valence electrons. The van der Waals surface area contributed by atoms with Crippen molar-refractivity contribution in [2.24, 2.45) is 0 Å². The zero-order chi connectivity index (χ0) is 20.4. The molecule has 0 spiro atoms. The summed E-state index contributed by atoms with van der Waals surface area (Å²) < 4.78 is 1.83. The average Bonchev–Trinajstić information content (AvgIpc) is 3.15. The Hall–Kier alpha value is -4.09. The van der Waals surface area contributed by atoms with Gasteiger partial charge in [-0.25, -0.2) is 14.8 Å². The summed E-state index contributed by atoms with van der Waals surface area (Å²) in [6.45, 7) is 3.56. The number of hydrogen-bond donors (Lipinski definition) is 1. The van der Waals surface area contributed by atoms with Crippen LogP contribution in [0.15, 0.2) is 61.1 Å². The van der Waals surface area contributed by atoms with Gasteiger partial charge in [0.15, 0.2) is 5.82 Å². The lowest BCUT2D eigenvalue weighted by Gasteiger charge is -2.05. The molecule has 0 bridgehead atoms. The summed E-state index contributed by atoms with van der Waals surface area (Å²) in [6.07, 6.45) is 5.05. The van der Waals surface area contributed by atoms with Gasteiger partial charge in [0, 0.05) is 29.7 Å². The molecule has 0 unspecified atom stereocenters. The Morgan fingerprint density at radius 2 is 1.86 bits per heavy atom. The predicted molar refractivity (Wildman–Crippen MR) is 110 cm³/mol. The molecule has 4 aromatic rings. The highest BCUT2D eigenvalue weighted by molar-refractivity contribution is 6.04. The Morgan fingerprint density at radius 1 is 1.07 bits per heavy atom. The summed E-state index contributed by atoms with van der Waals surface area (Å²) >= 11 is 0. The first-order valence-corrected chi connectivity index (χ1v) is 8.97.